The van der Waals surface area contributed by atoms with Crippen molar-refractivity contribution in [3.8, 4) is 0 Å². The predicted octanol–water partition coefficient (Wildman–Crippen LogP) is 2.15. The Morgan fingerprint density at radius 1 is 1.33 bits per heavy atom. The van der Waals surface area contributed by atoms with Gasteiger partial charge in [0, 0.05) is 6.42 Å². The summed E-state index contributed by atoms with van der Waals surface area (Å²) in [5, 5.41) is 0. The van der Waals surface area contributed by atoms with E-state index in [4.69, 9.17) is 0 Å². The number of carbonyl (C=O) groups excluding carboxylic acids is 3. The number of esters is 1. The van der Waals surface area contributed by atoms with Gasteiger partial charge >= 0.3 is 5.97 Å². The zero-order chi connectivity index (χ0) is 13.9. The van der Waals surface area contributed by atoms with Gasteiger partial charge in [0.15, 0.2) is 0 Å². The Labute approximate surface area is 108 Å². The molecule has 0 aromatic rings. The molecule has 0 aromatic heterocycles. The van der Waals surface area contributed by atoms with Crippen LogP contribution in [0.4, 0.5) is 0 Å². The molecule has 102 valence electrons. The fraction of sp³-hybridized carbons (Fsp3) is 0.786. The van der Waals surface area contributed by atoms with Gasteiger partial charge in [-0.3, -0.25) is 9.59 Å². The number of Topliss-reactive ketones (excluding diaryl/α,β-unsaturated/α-hetero) is 2. The Morgan fingerprint density at radius 2 is 1.94 bits per heavy atom. The Kier molecular flexibility index (Phi) is 4.65. The molecule has 1 aliphatic rings. The Balaban J connectivity index is 2.77. The van der Waals surface area contributed by atoms with Gasteiger partial charge in [-0.15, -0.1) is 0 Å². The third kappa shape index (κ3) is 3.40. The van der Waals surface area contributed by atoms with Crippen LogP contribution in [0, 0.1) is 17.3 Å². The van der Waals surface area contributed by atoms with Crippen molar-refractivity contribution in [1.29, 1.82) is 0 Å². The third-order valence-electron chi connectivity index (χ3n) is 3.67. The standard InChI is InChI=1S/C14H22O4/c1-5-18-13(17)12(16)10-8-9(14(2,3)4)6-7-11(10)15/h9-10H,5-8H2,1-4H3/t9-,10+/m1/s1. The molecule has 0 bridgehead atoms. The molecule has 1 fully saturated rings. The van der Waals surface area contributed by atoms with Crippen molar-refractivity contribution >= 4 is 17.5 Å². The zero-order valence-corrected chi connectivity index (χ0v) is 11.6. The lowest BCUT2D eigenvalue weighted by atomic mass is 9.68. The molecule has 0 unspecified atom stereocenters. The van der Waals surface area contributed by atoms with E-state index in [0.29, 0.717) is 18.8 Å². The summed E-state index contributed by atoms with van der Waals surface area (Å²) in [7, 11) is 0. The largest absolute Gasteiger partial charge is 0.460 e. The number of hydrogen-bond acceptors (Lipinski definition) is 4. The average Bonchev–Trinajstić information content (AvgIpc) is 2.27. The highest BCUT2D eigenvalue weighted by atomic mass is 16.5. The first-order valence-corrected chi connectivity index (χ1v) is 6.51. The fourth-order valence-corrected chi connectivity index (χ4v) is 2.41. The maximum atomic E-state index is 11.9. The Bertz CT molecular complexity index is 351. The summed E-state index contributed by atoms with van der Waals surface area (Å²) in [5.41, 5.74) is 0.0495. The second kappa shape index (κ2) is 5.63. The van der Waals surface area contributed by atoms with Gasteiger partial charge in [0.2, 0.25) is 5.78 Å². The number of rotatable bonds is 3. The summed E-state index contributed by atoms with van der Waals surface area (Å²) in [5.74, 6) is -2.16. The van der Waals surface area contributed by atoms with Crippen LogP contribution in [0.2, 0.25) is 0 Å². The van der Waals surface area contributed by atoms with Crippen LogP contribution < -0.4 is 0 Å². The maximum Gasteiger partial charge on any atom is 0.375 e. The van der Waals surface area contributed by atoms with Gasteiger partial charge in [0.05, 0.1) is 12.5 Å². The van der Waals surface area contributed by atoms with Crippen molar-refractivity contribution in [2.45, 2.75) is 47.0 Å². The molecule has 0 amide bonds. The highest BCUT2D eigenvalue weighted by molar-refractivity contribution is 6.38. The lowest BCUT2D eigenvalue weighted by molar-refractivity contribution is -0.158. The first-order valence-electron chi connectivity index (χ1n) is 6.51. The zero-order valence-electron chi connectivity index (χ0n) is 11.6. The van der Waals surface area contributed by atoms with E-state index in [0.717, 1.165) is 6.42 Å². The van der Waals surface area contributed by atoms with Gasteiger partial charge in [0.25, 0.3) is 0 Å². The monoisotopic (exact) mass is 254 g/mol. The van der Waals surface area contributed by atoms with E-state index >= 15 is 0 Å². The van der Waals surface area contributed by atoms with Crippen LogP contribution in [0.1, 0.15) is 47.0 Å². The van der Waals surface area contributed by atoms with E-state index in [1.807, 2.05) is 0 Å². The molecule has 0 spiro atoms. The highest BCUT2D eigenvalue weighted by Crippen LogP contribution is 2.39. The normalized spacial score (nSPS) is 24.8. The van der Waals surface area contributed by atoms with E-state index in [2.05, 4.69) is 25.5 Å². The SMILES string of the molecule is CCOC(=O)C(=O)[C@H]1C[C@H](C(C)(C)C)CCC1=O. The molecule has 4 heteroatoms. The molecule has 0 heterocycles. The van der Waals surface area contributed by atoms with Gasteiger partial charge < -0.3 is 4.74 Å². The van der Waals surface area contributed by atoms with Crippen molar-refractivity contribution in [3.05, 3.63) is 0 Å². The molecular weight excluding hydrogens is 232 g/mol. The van der Waals surface area contributed by atoms with Crippen molar-refractivity contribution in [1.82, 2.24) is 0 Å². The van der Waals surface area contributed by atoms with E-state index in [1.54, 1.807) is 6.92 Å². The Morgan fingerprint density at radius 3 is 2.44 bits per heavy atom. The molecule has 0 aromatic carbocycles. The van der Waals surface area contributed by atoms with Gasteiger partial charge in [-0.05, 0) is 31.1 Å². The van der Waals surface area contributed by atoms with E-state index in [1.165, 1.54) is 0 Å². The summed E-state index contributed by atoms with van der Waals surface area (Å²) in [4.78, 5) is 35.1. The highest BCUT2D eigenvalue weighted by Gasteiger charge is 2.40. The molecule has 0 aliphatic heterocycles. The summed E-state index contributed by atoms with van der Waals surface area (Å²) < 4.78 is 4.69. The molecule has 0 N–H and O–H groups in total. The molecule has 1 saturated carbocycles. The molecular formula is C14H22O4. The average molecular weight is 254 g/mol. The van der Waals surface area contributed by atoms with Crippen LogP contribution in [0.25, 0.3) is 0 Å². The molecule has 1 aliphatic carbocycles. The van der Waals surface area contributed by atoms with E-state index < -0.39 is 17.7 Å². The van der Waals surface area contributed by atoms with E-state index in [-0.39, 0.29) is 17.8 Å². The van der Waals surface area contributed by atoms with E-state index in [9.17, 15) is 14.4 Å². The van der Waals surface area contributed by atoms with Crippen LogP contribution in [0.3, 0.4) is 0 Å². The first-order chi connectivity index (χ1) is 8.27. The van der Waals surface area contributed by atoms with Crippen LogP contribution in [-0.2, 0) is 19.1 Å². The van der Waals surface area contributed by atoms with Gasteiger partial charge in [0.1, 0.15) is 5.78 Å². The predicted molar refractivity (Wildman–Crippen MR) is 66.9 cm³/mol. The molecule has 4 nitrogen and oxygen atoms in total. The molecule has 2 atom stereocenters. The minimum absolute atomic E-state index is 0.0495. The minimum atomic E-state index is -0.870. The summed E-state index contributed by atoms with van der Waals surface area (Å²) >= 11 is 0. The number of ether oxygens (including phenoxy) is 1. The fourth-order valence-electron chi connectivity index (χ4n) is 2.41. The smallest absolute Gasteiger partial charge is 0.375 e. The van der Waals surface area contributed by atoms with Gasteiger partial charge in [-0.1, -0.05) is 20.8 Å². The quantitative estimate of drug-likeness (QED) is 0.440. The minimum Gasteiger partial charge on any atom is -0.460 e. The van der Waals surface area contributed by atoms with Crippen LogP contribution in [0.5, 0.6) is 0 Å². The second-order valence-corrected chi connectivity index (χ2v) is 5.94. The molecule has 0 saturated heterocycles. The second-order valence-electron chi connectivity index (χ2n) is 5.94. The van der Waals surface area contributed by atoms with Crippen molar-refractivity contribution in [2.75, 3.05) is 6.61 Å². The third-order valence-corrected chi connectivity index (χ3v) is 3.67. The topological polar surface area (TPSA) is 60.4 Å². The lowest BCUT2D eigenvalue weighted by Crippen LogP contribution is -2.39. The summed E-state index contributed by atoms with van der Waals surface area (Å²) in [6.45, 7) is 8.10. The van der Waals surface area contributed by atoms with Crippen LogP contribution in [-0.4, -0.2) is 24.1 Å². The maximum absolute atomic E-state index is 11.9. The molecule has 18 heavy (non-hydrogen) atoms. The van der Waals surface area contributed by atoms with Crippen molar-refractivity contribution in [3.63, 3.8) is 0 Å². The van der Waals surface area contributed by atoms with Crippen molar-refractivity contribution < 1.29 is 19.1 Å². The van der Waals surface area contributed by atoms with Crippen LogP contribution >= 0.6 is 0 Å². The van der Waals surface area contributed by atoms with Gasteiger partial charge in [-0.2, -0.15) is 0 Å². The Hall–Kier alpha value is -1.19. The van der Waals surface area contributed by atoms with Gasteiger partial charge in [-0.25, -0.2) is 4.79 Å². The number of carbonyl (C=O) groups is 3. The van der Waals surface area contributed by atoms with Crippen molar-refractivity contribution in [2.24, 2.45) is 17.3 Å². The van der Waals surface area contributed by atoms with Crippen LogP contribution in [0.15, 0.2) is 0 Å². The number of ketones is 2. The lowest BCUT2D eigenvalue weighted by Gasteiger charge is -2.36. The first kappa shape index (κ1) is 14.9. The summed E-state index contributed by atoms with van der Waals surface area (Å²) in [6.07, 6.45) is 1.66. The summed E-state index contributed by atoms with van der Waals surface area (Å²) in [6, 6.07) is 0. The molecule has 1 rings (SSSR count). The number of hydrogen-bond donors (Lipinski definition) is 0. The molecule has 0 radical (unpaired) electrons.